The van der Waals surface area contributed by atoms with E-state index in [4.69, 9.17) is 14.0 Å². The Kier molecular flexibility index (Phi) is 7.86. The van der Waals surface area contributed by atoms with E-state index in [1.54, 1.807) is 19.9 Å². The first-order valence-corrected chi connectivity index (χ1v) is 9.93. The third kappa shape index (κ3) is 7.71. The highest BCUT2D eigenvalue weighted by atomic mass is 19.4. The Bertz CT molecular complexity index is 665. The van der Waals surface area contributed by atoms with Crippen LogP contribution in [0.4, 0.5) is 13.2 Å². The number of hydrogen-bond acceptors (Lipinski definition) is 6. The van der Waals surface area contributed by atoms with Gasteiger partial charge in [-0.15, -0.1) is 0 Å². The maximum Gasteiger partial charge on any atom is 0.390 e. The first-order valence-electron chi connectivity index (χ1n) is 9.93. The zero-order chi connectivity index (χ0) is 21.7. The number of halogens is 3. The smallest absolute Gasteiger partial charge is 0.361 e. The van der Waals surface area contributed by atoms with Crippen LogP contribution in [0, 0.1) is 0 Å². The van der Waals surface area contributed by atoms with Crippen molar-refractivity contribution in [2.75, 3.05) is 19.8 Å². The Morgan fingerprint density at radius 2 is 2.00 bits per heavy atom. The number of carbonyl (C=O) groups excluding carboxylic acids is 1. The first-order chi connectivity index (χ1) is 13.4. The minimum absolute atomic E-state index is 0.0539. The minimum atomic E-state index is -4.26. The highest BCUT2D eigenvalue weighted by Crippen LogP contribution is 2.26. The van der Waals surface area contributed by atoms with Crippen LogP contribution in [0.2, 0.25) is 0 Å². The molecule has 2 heterocycles. The summed E-state index contributed by atoms with van der Waals surface area (Å²) >= 11 is 0. The summed E-state index contributed by atoms with van der Waals surface area (Å²) in [6, 6.07) is 1.70. The van der Waals surface area contributed by atoms with Gasteiger partial charge in [0.15, 0.2) is 12.1 Å². The van der Waals surface area contributed by atoms with Gasteiger partial charge in [-0.3, -0.25) is 4.79 Å². The van der Waals surface area contributed by atoms with Gasteiger partial charge in [-0.25, -0.2) is 0 Å². The van der Waals surface area contributed by atoms with Crippen LogP contribution in [-0.2, 0) is 26.1 Å². The van der Waals surface area contributed by atoms with E-state index in [1.165, 1.54) is 0 Å². The van der Waals surface area contributed by atoms with Gasteiger partial charge in [0.2, 0.25) is 0 Å². The molecule has 9 heteroatoms. The summed E-state index contributed by atoms with van der Waals surface area (Å²) in [6.45, 7) is 7.81. The Hall–Kier alpha value is -1.45. The van der Waals surface area contributed by atoms with Gasteiger partial charge in [-0.05, 0) is 33.1 Å². The molecule has 1 saturated heterocycles. The second kappa shape index (κ2) is 9.57. The molecule has 0 aromatic carbocycles. The molecule has 1 N–H and O–H groups in total. The predicted molar refractivity (Wildman–Crippen MR) is 101 cm³/mol. The van der Waals surface area contributed by atoms with Gasteiger partial charge >= 0.3 is 6.18 Å². The number of Topliss-reactive ketones (excluding diaryl/α,β-unsaturated/α-hetero) is 1. The molecule has 6 nitrogen and oxygen atoms in total. The van der Waals surface area contributed by atoms with E-state index in [0.29, 0.717) is 24.7 Å². The van der Waals surface area contributed by atoms with E-state index in [2.05, 4.69) is 10.5 Å². The van der Waals surface area contributed by atoms with Crippen LogP contribution in [0.15, 0.2) is 10.6 Å². The number of nitrogens with zero attached hydrogens (tertiary/aromatic N) is 1. The quantitative estimate of drug-likeness (QED) is 0.618. The Balaban J connectivity index is 1.88. The van der Waals surface area contributed by atoms with Crippen molar-refractivity contribution in [3.05, 3.63) is 17.5 Å². The maximum absolute atomic E-state index is 12.5. The van der Waals surface area contributed by atoms with Gasteiger partial charge in [-0.1, -0.05) is 19.0 Å². The molecule has 0 radical (unpaired) electrons. The number of carbonyl (C=O) groups is 1. The zero-order valence-corrected chi connectivity index (χ0v) is 17.5. The number of ether oxygens (including phenoxy) is 2. The SMILES string of the molecule is CC(C)(NCCC(F)(F)F)C(=O)Cc1cc(C(C)(C)COC2CCCCO2)no1. The summed E-state index contributed by atoms with van der Waals surface area (Å²) in [5, 5.41) is 6.73. The van der Waals surface area contributed by atoms with Crippen molar-refractivity contribution >= 4 is 5.78 Å². The fourth-order valence-electron chi connectivity index (χ4n) is 2.93. The lowest BCUT2D eigenvalue weighted by molar-refractivity contribution is -0.170. The molecule has 1 aromatic rings. The molecule has 29 heavy (non-hydrogen) atoms. The minimum Gasteiger partial charge on any atom is -0.361 e. The van der Waals surface area contributed by atoms with E-state index in [1.807, 2.05) is 13.8 Å². The van der Waals surface area contributed by atoms with Crippen LogP contribution in [0.5, 0.6) is 0 Å². The van der Waals surface area contributed by atoms with E-state index >= 15 is 0 Å². The van der Waals surface area contributed by atoms with E-state index in [-0.39, 0.29) is 25.0 Å². The van der Waals surface area contributed by atoms with Gasteiger partial charge in [-0.2, -0.15) is 13.2 Å². The largest absolute Gasteiger partial charge is 0.390 e. The third-order valence-electron chi connectivity index (χ3n) is 5.03. The number of rotatable bonds is 10. The predicted octanol–water partition coefficient (Wildman–Crippen LogP) is 3.93. The van der Waals surface area contributed by atoms with Crippen molar-refractivity contribution in [1.82, 2.24) is 10.5 Å². The highest BCUT2D eigenvalue weighted by Gasteiger charge is 2.33. The molecular formula is C20H31F3N2O4. The van der Waals surface area contributed by atoms with Crippen molar-refractivity contribution in [3.63, 3.8) is 0 Å². The summed E-state index contributed by atoms with van der Waals surface area (Å²) in [6.07, 6.45) is -2.52. The number of ketones is 1. The van der Waals surface area contributed by atoms with E-state index < -0.39 is 23.6 Å². The van der Waals surface area contributed by atoms with E-state index in [9.17, 15) is 18.0 Å². The van der Waals surface area contributed by atoms with Crippen LogP contribution < -0.4 is 5.32 Å². The molecule has 0 aliphatic carbocycles. The van der Waals surface area contributed by atoms with Crippen LogP contribution in [-0.4, -0.2) is 48.7 Å². The average molecular weight is 420 g/mol. The molecule has 2 rings (SSSR count). The summed E-state index contributed by atoms with van der Waals surface area (Å²) in [7, 11) is 0. The third-order valence-corrected chi connectivity index (χ3v) is 5.03. The standard InChI is InChI=1S/C20H31F3N2O4/c1-18(2,13-28-17-7-5-6-10-27-17)15-11-14(29-25-15)12-16(26)19(3,4)24-9-8-20(21,22)23/h11,17,24H,5-10,12-13H2,1-4H3. The average Bonchev–Trinajstić information content (AvgIpc) is 3.09. The topological polar surface area (TPSA) is 73.6 Å². The molecule has 1 fully saturated rings. The van der Waals surface area contributed by atoms with Crippen molar-refractivity contribution in [2.24, 2.45) is 0 Å². The lowest BCUT2D eigenvalue weighted by atomic mass is 9.89. The lowest BCUT2D eigenvalue weighted by Crippen LogP contribution is -2.48. The number of nitrogens with one attached hydrogen (secondary N) is 1. The van der Waals surface area contributed by atoms with Crippen LogP contribution in [0.1, 0.15) is 64.8 Å². The molecule has 166 valence electrons. The van der Waals surface area contributed by atoms with Crippen molar-refractivity contribution in [3.8, 4) is 0 Å². The summed E-state index contributed by atoms with van der Waals surface area (Å²) in [4.78, 5) is 12.5. The van der Waals surface area contributed by atoms with Gasteiger partial charge in [0.25, 0.3) is 0 Å². The number of aromatic nitrogens is 1. The molecule has 1 unspecified atom stereocenters. The molecule has 1 aromatic heterocycles. The fourth-order valence-corrected chi connectivity index (χ4v) is 2.93. The van der Waals surface area contributed by atoms with Crippen molar-refractivity contribution in [2.45, 2.75) is 83.2 Å². The Labute approximate surface area is 169 Å². The second-order valence-corrected chi connectivity index (χ2v) is 8.69. The van der Waals surface area contributed by atoms with Crippen LogP contribution in [0.25, 0.3) is 0 Å². The van der Waals surface area contributed by atoms with Gasteiger partial charge < -0.3 is 19.3 Å². The van der Waals surface area contributed by atoms with Crippen molar-refractivity contribution < 1.29 is 32.0 Å². The van der Waals surface area contributed by atoms with Crippen LogP contribution in [0.3, 0.4) is 0 Å². The van der Waals surface area contributed by atoms with Crippen LogP contribution >= 0.6 is 0 Å². The number of hydrogen-bond donors (Lipinski definition) is 1. The molecule has 0 saturated carbocycles. The van der Waals surface area contributed by atoms with Crippen molar-refractivity contribution in [1.29, 1.82) is 0 Å². The molecule has 0 amide bonds. The van der Waals surface area contributed by atoms with Gasteiger partial charge in [0.1, 0.15) is 5.76 Å². The highest BCUT2D eigenvalue weighted by molar-refractivity contribution is 5.89. The normalized spacial score (nSPS) is 18.8. The Morgan fingerprint density at radius 1 is 1.28 bits per heavy atom. The van der Waals surface area contributed by atoms with Gasteiger partial charge in [0.05, 0.1) is 30.7 Å². The first kappa shape index (κ1) is 23.8. The summed E-state index contributed by atoms with van der Waals surface area (Å²) in [5.41, 5.74) is -0.889. The summed E-state index contributed by atoms with van der Waals surface area (Å²) in [5.74, 6) is 0.102. The van der Waals surface area contributed by atoms with E-state index in [0.717, 1.165) is 19.3 Å². The zero-order valence-electron chi connectivity index (χ0n) is 17.5. The lowest BCUT2D eigenvalue weighted by Gasteiger charge is -2.28. The molecule has 0 bridgehead atoms. The molecular weight excluding hydrogens is 389 g/mol. The molecule has 1 atom stereocenters. The maximum atomic E-state index is 12.5. The number of alkyl halides is 3. The monoisotopic (exact) mass is 420 g/mol. The molecule has 1 aliphatic heterocycles. The Morgan fingerprint density at radius 3 is 2.62 bits per heavy atom. The molecule has 1 aliphatic rings. The summed E-state index contributed by atoms with van der Waals surface area (Å²) < 4.78 is 53.6. The van der Waals surface area contributed by atoms with Gasteiger partial charge in [0, 0.05) is 24.6 Å². The molecule has 0 spiro atoms. The fraction of sp³-hybridized carbons (Fsp3) is 0.800. The second-order valence-electron chi connectivity index (χ2n) is 8.69.